The molecule has 122 valence electrons. The monoisotopic (exact) mass is 324 g/mol. The van der Waals surface area contributed by atoms with E-state index in [2.05, 4.69) is 20.5 Å². The van der Waals surface area contributed by atoms with Gasteiger partial charge in [-0.05, 0) is 18.2 Å². The van der Waals surface area contributed by atoms with Crippen LogP contribution < -0.4 is 10.1 Å². The molecule has 0 saturated heterocycles. The predicted molar refractivity (Wildman–Crippen MR) is 86.1 cm³/mol. The van der Waals surface area contributed by atoms with E-state index in [1.54, 1.807) is 31.6 Å². The molecule has 0 aliphatic carbocycles. The summed E-state index contributed by atoms with van der Waals surface area (Å²) in [5, 5.41) is 10.7. The van der Waals surface area contributed by atoms with Crippen LogP contribution >= 0.6 is 0 Å². The third-order valence-electron chi connectivity index (χ3n) is 3.37. The topological polar surface area (TPSA) is 90.1 Å². The first-order valence-corrected chi connectivity index (χ1v) is 7.37. The van der Waals surface area contributed by atoms with E-state index in [0.717, 1.165) is 16.9 Å². The third kappa shape index (κ3) is 3.75. The van der Waals surface area contributed by atoms with Crippen molar-refractivity contribution in [3.05, 3.63) is 60.2 Å². The number of hydrogen-bond acceptors (Lipinski definition) is 6. The van der Waals surface area contributed by atoms with Crippen LogP contribution in [0.25, 0.3) is 11.5 Å². The van der Waals surface area contributed by atoms with Gasteiger partial charge in [0.25, 0.3) is 0 Å². The van der Waals surface area contributed by atoms with Gasteiger partial charge in [-0.3, -0.25) is 9.78 Å². The van der Waals surface area contributed by atoms with Crippen molar-refractivity contribution in [1.29, 1.82) is 0 Å². The SMILES string of the molecule is COc1ccccc1CNC(=O)Cc1nnc(-c2ccncc2)o1. The van der Waals surface area contributed by atoms with Crippen LogP contribution in [0.15, 0.2) is 53.2 Å². The number of methoxy groups -OCH3 is 1. The molecule has 0 spiro atoms. The number of hydrogen-bond donors (Lipinski definition) is 1. The number of carbonyl (C=O) groups is 1. The van der Waals surface area contributed by atoms with Crippen molar-refractivity contribution in [3.63, 3.8) is 0 Å². The lowest BCUT2D eigenvalue weighted by Gasteiger charge is -2.08. The number of carbonyl (C=O) groups excluding carboxylic acids is 1. The summed E-state index contributed by atoms with van der Waals surface area (Å²) in [4.78, 5) is 16.0. The Labute approximate surface area is 138 Å². The Balaban J connectivity index is 1.58. The molecule has 0 fully saturated rings. The molecule has 7 nitrogen and oxygen atoms in total. The number of rotatable bonds is 6. The molecule has 0 unspecified atom stereocenters. The van der Waals surface area contributed by atoms with Gasteiger partial charge in [0.1, 0.15) is 12.2 Å². The van der Waals surface area contributed by atoms with Gasteiger partial charge >= 0.3 is 0 Å². The fourth-order valence-electron chi connectivity index (χ4n) is 2.18. The van der Waals surface area contributed by atoms with E-state index in [1.165, 1.54) is 0 Å². The fourth-order valence-corrected chi connectivity index (χ4v) is 2.18. The summed E-state index contributed by atoms with van der Waals surface area (Å²) in [6, 6.07) is 11.0. The minimum Gasteiger partial charge on any atom is -0.496 e. The molecule has 0 atom stereocenters. The van der Waals surface area contributed by atoms with Crippen LogP contribution in [0.4, 0.5) is 0 Å². The van der Waals surface area contributed by atoms with E-state index in [-0.39, 0.29) is 18.2 Å². The number of para-hydroxylation sites is 1. The Morgan fingerprint density at radius 2 is 1.96 bits per heavy atom. The largest absolute Gasteiger partial charge is 0.496 e. The first-order valence-electron chi connectivity index (χ1n) is 7.37. The molecule has 2 heterocycles. The summed E-state index contributed by atoms with van der Waals surface area (Å²) in [7, 11) is 1.60. The molecule has 0 radical (unpaired) electrons. The lowest BCUT2D eigenvalue weighted by Crippen LogP contribution is -2.24. The maximum atomic E-state index is 12.0. The van der Waals surface area contributed by atoms with Crippen molar-refractivity contribution in [1.82, 2.24) is 20.5 Å². The van der Waals surface area contributed by atoms with Gasteiger partial charge in [-0.15, -0.1) is 10.2 Å². The molecule has 0 saturated carbocycles. The number of nitrogens with one attached hydrogen (secondary N) is 1. The zero-order chi connectivity index (χ0) is 16.8. The zero-order valence-electron chi connectivity index (χ0n) is 13.1. The third-order valence-corrected chi connectivity index (χ3v) is 3.37. The summed E-state index contributed by atoms with van der Waals surface area (Å²) in [5.41, 5.74) is 1.66. The highest BCUT2D eigenvalue weighted by molar-refractivity contribution is 5.77. The first-order chi connectivity index (χ1) is 11.8. The van der Waals surface area contributed by atoms with Crippen LogP contribution in [-0.4, -0.2) is 28.2 Å². The molecule has 0 aliphatic rings. The van der Waals surface area contributed by atoms with E-state index in [0.29, 0.717) is 12.4 Å². The Morgan fingerprint density at radius 1 is 1.17 bits per heavy atom. The Hall–Kier alpha value is -3.22. The van der Waals surface area contributed by atoms with Crippen molar-refractivity contribution < 1.29 is 13.9 Å². The van der Waals surface area contributed by atoms with Crippen molar-refractivity contribution in [2.45, 2.75) is 13.0 Å². The average Bonchev–Trinajstić information content (AvgIpc) is 3.09. The summed E-state index contributed by atoms with van der Waals surface area (Å²) in [6.45, 7) is 0.369. The van der Waals surface area contributed by atoms with Crippen molar-refractivity contribution in [2.24, 2.45) is 0 Å². The molecule has 0 aliphatic heterocycles. The van der Waals surface area contributed by atoms with E-state index < -0.39 is 0 Å². The maximum absolute atomic E-state index is 12.0. The summed E-state index contributed by atoms with van der Waals surface area (Å²) >= 11 is 0. The highest BCUT2D eigenvalue weighted by Crippen LogP contribution is 2.18. The summed E-state index contributed by atoms with van der Waals surface area (Å²) < 4.78 is 10.8. The van der Waals surface area contributed by atoms with Crippen LogP contribution in [0.2, 0.25) is 0 Å². The van der Waals surface area contributed by atoms with E-state index in [4.69, 9.17) is 9.15 Å². The molecule has 1 amide bonds. The van der Waals surface area contributed by atoms with Gasteiger partial charge in [0.15, 0.2) is 0 Å². The first kappa shape index (κ1) is 15.7. The summed E-state index contributed by atoms with van der Waals surface area (Å²) in [6.07, 6.45) is 3.30. The van der Waals surface area contributed by atoms with Crippen molar-refractivity contribution in [3.8, 4) is 17.2 Å². The van der Waals surface area contributed by atoms with Crippen LogP contribution in [0.3, 0.4) is 0 Å². The minimum atomic E-state index is -0.203. The second-order valence-corrected chi connectivity index (χ2v) is 5.00. The molecule has 24 heavy (non-hydrogen) atoms. The molecular weight excluding hydrogens is 308 g/mol. The number of benzene rings is 1. The van der Waals surface area contributed by atoms with Gasteiger partial charge in [-0.2, -0.15) is 0 Å². The van der Waals surface area contributed by atoms with Gasteiger partial charge in [0.2, 0.25) is 17.7 Å². The van der Waals surface area contributed by atoms with Gasteiger partial charge in [0, 0.05) is 30.1 Å². The number of ether oxygens (including phenoxy) is 1. The lowest BCUT2D eigenvalue weighted by atomic mass is 10.2. The predicted octanol–water partition coefficient (Wildman–Crippen LogP) is 2.00. The van der Waals surface area contributed by atoms with E-state index in [9.17, 15) is 4.79 Å². The fraction of sp³-hybridized carbons (Fsp3) is 0.176. The molecule has 1 N–H and O–H groups in total. The van der Waals surface area contributed by atoms with Gasteiger partial charge in [0.05, 0.1) is 7.11 Å². The quantitative estimate of drug-likeness (QED) is 0.746. The van der Waals surface area contributed by atoms with Crippen LogP contribution in [0, 0.1) is 0 Å². The number of aromatic nitrogens is 3. The second kappa shape index (κ2) is 7.36. The standard InChI is InChI=1S/C17H16N4O3/c1-23-14-5-3-2-4-13(14)11-19-15(22)10-16-20-21-17(24-16)12-6-8-18-9-7-12/h2-9H,10-11H2,1H3,(H,19,22). The lowest BCUT2D eigenvalue weighted by molar-refractivity contribution is -0.120. The van der Waals surface area contributed by atoms with Crippen molar-refractivity contribution in [2.75, 3.05) is 7.11 Å². The molecule has 1 aromatic carbocycles. The minimum absolute atomic E-state index is 0.0211. The number of nitrogens with zero attached hydrogens (tertiary/aromatic N) is 3. The molecule has 3 rings (SSSR count). The molecule has 7 heteroatoms. The number of pyridine rings is 1. The Kier molecular flexibility index (Phi) is 4.81. The van der Waals surface area contributed by atoms with Gasteiger partial charge in [-0.1, -0.05) is 18.2 Å². The molecule has 3 aromatic rings. The average molecular weight is 324 g/mol. The van der Waals surface area contributed by atoms with Crippen LogP contribution in [-0.2, 0) is 17.8 Å². The maximum Gasteiger partial charge on any atom is 0.247 e. The van der Waals surface area contributed by atoms with Gasteiger partial charge in [-0.25, -0.2) is 0 Å². The molecule has 2 aromatic heterocycles. The van der Waals surface area contributed by atoms with Crippen LogP contribution in [0.5, 0.6) is 5.75 Å². The Morgan fingerprint density at radius 3 is 2.75 bits per heavy atom. The highest BCUT2D eigenvalue weighted by Gasteiger charge is 2.12. The highest BCUT2D eigenvalue weighted by atomic mass is 16.5. The number of amides is 1. The van der Waals surface area contributed by atoms with E-state index in [1.807, 2.05) is 24.3 Å². The van der Waals surface area contributed by atoms with Gasteiger partial charge < -0.3 is 14.5 Å². The molecular formula is C17H16N4O3. The summed E-state index contributed by atoms with van der Waals surface area (Å²) in [5.74, 6) is 1.16. The van der Waals surface area contributed by atoms with Crippen molar-refractivity contribution >= 4 is 5.91 Å². The normalized spacial score (nSPS) is 10.4. The smallest absolute Gasteiger partial charge is 0.247 e. The van der Waals surface area contributed by atoms with Crippen LogP contribution in [0.1, 0.15) is 11.5 Å². The Bertz CT molecular complexity index is 817. The van der Waals surface area contributed by atoms with E-state index >= 15 is 0 Å². The zero-order valence-corrected chi connectivity index (χ0v) is 13.1. The second-order valence-electron chi connectivity index (χ2n) is 5.00. The molecule has 0 bridgehead atoms.